The van der Waals surface area contributed by atoms with Crippen molar-refractivity contribution < 1.29 is 4.42 Å². The fraction of sp³-hybridized carbons (Fsp3) is 0. The van der Waals surface area contributed by atoms with Gasteiger partial charge in [-0.05, 0) is 66.0 Å². The number of benzene rings is 8. The Labute approximate surface area is 302 Å². The zero-order valence-electron chi connectivity index (χ0n) is 28.4. The van der Waals surface area contributed by atoms with E-state index in [-0.39, 0.29) is 0 Å². The molecule has 0 aliphatic carbocycles. The van der Waals surface area contributed by atoms with Crippen molar-refractivity contribution >= 4 is 87.4 Å². The van der Waals surface area contributed by atoms with Gasteiger partial charge in [0.2, 0.25) is 0 Å². The van der Waals surface area contributed by atoms with Crippen LogP contribution in [0.5, 0.6) is 0 Å². The maximum atomic E-state index is 6.24. The van der Waals surface area contributed by atoms with Crippen molar-refractivity contribution in [2.75, 3.05) is 0 Å². The van der Waals surface area contributed by atoms with E-state index in [1.165, 1.54) is 32.6 Å². The molecule has 0 amide bonds. The van der Waals surface area contributed by atoms with Crippen LogP contribution >= 0.6 is 0 Å². The first-order chi connectivity index (χ1) is 26.3. The summed E-state index contributed by atoms with van der Waals surface area (Å²) >= 11 is 0. The molecule has 246 valence electrons. The molecule has 0 fully saturated rings. The Bertz CT molecular complexity index is 3420. The molecule has 5 heteroatoms. The van der Waals surface area contributed by atoms with Crippen LogP contribution in [0.25, 0.3) is 110 Å². The van der Waals surface area contributed by atoms with Crippen LogP contribution in [-0.2, 0) is 0 Å². The third-order valence-corrected chi connectivity index (χ3v) is 10.9. The summed E-state index contributed by atoms with van der Waals surface area (Å²) in [7, 11) is 0. The monoisotopic (exact) mass is 676 g/mol. The SMILES string of the molecule is c1ccc2c(-n3c4ccccc4c4ccccc43)c3c4ccccc4n(-c4nc5ccccc5nc4-c4ccc5oc6ccccc6c5c4)c3cc2c1. The van der Waals surface area contributed by atoms with E-state index in [4.69, 9.17) is 14.4 Å². The van der Waals surface area contributed by atoms with Gasteiger partial charge in [-0.15, -0.1) is 0 Å². The Hall–Kier alpha value is -7.24. The summed E-state index contributed by atoms with van der Waals surface area (Å²) in [5.74, 6) is 0.783. The number of aromatic nitrogens is 4. The molecule has 0 spiro atoms. The third-order valence-electron chi connectivity index (χ3n) is 10.9. The van der Waals surface area contributed by atoms with E-state index < -0.39 is 0 Å². The van der Waals surface area contributed by atoms with Gasteiger partial charge in [0.1, 0.15) is 16.9 Å². The molecule has 4 heterocycles. The van der Waals surface area contributed by atoms with E-state index in [0.29, 0.717) is 0 Å². The predicted molar refractivity (Wildman–Crippen MR) is 218 cm³/mol. The molecule has 0 bridgehead atoms. The van der Waals surface area contributed by atoms with Crippen molar-refractivity contribution in [2.45, 2.75) is 0 Å². The molecule has 0 N–H and O–H groups in total. The van der Waals surface area contributed by atoms with Crippen LogP contribution in [0.15, 0.2) is 174 Å². The molecule has 0 aliphatic heterocycles. The molecule has 5 nitrogen and oxygen atoms in total. The molecule has 4 aromatic heterocycles. The Kier molecular flexibility index (Phi) is 5.71. The first-order valence-electron chi connectivity index (χ1n) is 17.9. The number of furan rings is 1. The summed E-state index contributed by atoms with van der Waals surface area (Å²) in [5.41, 5.74) is 10.9. The minimum atomic E-state index is 0.783. The number of fused-ring (bicyclic) bond motifs is 11. The molecule has 0 radical (unpaired) electrons. The minimum absolute atomic E-state index is 0.783. The Balaban J connectivity index is 1.26. The minimum Gasteiger partial charge on any atom is -0.456 e. The largest absolute Gasteiger partial charge is 0.456 e. The molecule has 0 atom stereocenters. The van der Waals surface area contributed by atoms with Crippen LogP contribution in [-0.4, -0.2) is 19.1 Å². The molecular formula is C48H28N4O. The molecule has 12 rings (SSSR count). The van der Waals surface area contributed by atoms with Gasteiger partial charge in [-0.2, -0.15) is 0 Å². The highest BCUT2D eigenvalue weighted by Gasteiger charge is 2.25. The van der Waals surface area contributed by atoms with Gasteiger partial charge in [-0.25, -0.2) is 9.97 Å². The van der Waals surface area contributed by atoms with Crippen molar-refractivity contribution in [1.29, 1.82) is 0 Å². The highest BCUT2D eigenvalue weighted by molar-refractivity contribution is 6.22. The predicted octanol–water partition coefficient (Wildman–Crippen LogP) is 12.5. The van der Waals surface area contributed by atoms with Crippen LogP contribution in [0.3, 0.4) is 0 Å². The fourth-order valence-electron chi connectivity index (χ4n) is 8.60. The Morgan fingerprint density at radius 3 is 1.72 bits per heavy atom. The summed E-state index contributed by atoms with van der Waals surface area (Å²) in [6.45, 7) is 0. The van der Waals surface area contributed by atoms with Gasteiger partial charge in [0.25, 0.3) is 0 Å². The second kappa shape index (κ2) is 10.6. The van der Waals surface area contributed by atoms with Crippen molar-refractivity contribution in [3.63, 3.8) is 0 Å². The Morgan fingerprint density at radius 2 is 0.962 bits per heavy atom. The average molecular weight is 677 g/mol. The lowest BCUT2D eigenvalue weighted by molar-refractivity contribution is 0.669. The van der Waals surface area contributed by atoms with Gasteiger partial charge < -0.3 is 8.98 Å². The van der Waals surface area contributed by atoms with E-state index in [9.17, 15) is 0 Å². The number of nitrogens with zero attached hydrogens (tertiary/aromatic N) is 4. The van der Waals surface area contributed by atoms with Crippen molar-refractivity contribution in [3.05, 3.63) is 170 Å². The van der Waals surface area contributed by atoms with Gasteiger partial charge in [-0.3, -0.25) is 4.57 Å². The standard InChI is InChI=1S/C48H28N4O/c1-2-14-31-29(13-1)28-42-45(47(31)51-39-21-9-3-15-32(39)33-16-4-10-22-40(33)51)35-18-5-11-23-41(35)52(42)48-46(49-37-19-7-8-20-38(37)50-48)30-25-26-44-36(27-30)34-17-6-12-24-43(34)53-44/h1-28H. The Morgan fingerprint density at radius 1 is 0.396 bits per heavy atom. The van der Waals surface area contributed by atoms with Gasteiger partial charge >= 0.3 is 0 Å². The zero-order chi connectivity index (χ0) is 34.6. The van der Waals surface area contributed by atoms with Gasteiger partial charge in [0, 0.05) is 43.3 Å². The smallest absolute Gasteiger partial charge is 0.165 e. The van der Waals surface area contributed by atoms with Crippen molar-refractivity contribution in [2.24, 2.45) is 0 Å². The summed E-state index contributed by atoms with van der Waals surface area (Å²) in [6.07, 6.45) is 0. The summed E-state index contributed by atoms with van der Waals surface area (Å²) in [6, 6.07) is 60.0. The first kappa shape index (κ1) is 28.5. The van der Waals surface area contributed by atoms with Crippen LogP contribution in [0.2, 0.25) is 0 Å². The van der Waals surface area contributed by atoms with Crippen LogP contribution in [0, 0.1) is 0 Å². The number of hydrogen-bond acceptors (Lipinski definition) is 3. The first-order valence-corrected chi connectivity index (χ1v) is 17.9. The normalized spacial score (nSPS) is 12.2. The summed E-state index contributed by atoms with van der Waals surface area (Å²) in [5, 5.41) is 9.28. The van der Waals surface area contributed by atoms with Crippen molar-refractivity contribution in [3.8, 4) is 22.8 Å². The van der Waals surface area contributed by atoms with Crippen molar-refractivity contribution in [1.82, 2.24) is 19.1 Å². The molecule has 0 unspecified atom stereocenters. The topological polar surface area (TPSA) is 48.8 Å². The third kappa shape index (κ3) is 3.96. The summed E-state index contributed by atoms with van der Waals surface area (Å²) in [4.78, 5) is 10.9. The van der Waals surface area contributed by atoms with E-state index in [1.807, 2.05) is 30.3 Å². The molecule has 0 saturated carbocycles. The maximum Gasteiger partial charge on any atom is 0.165 e. The van der Waals surface area contributed by atoms with Crippen LogP contribution < -0.4 is 0 Å². The van der Waals surface area contributed by atoms with E-state index in [1.54, 1.807) is 0 Å². The second-order valence-electron chi connectivity index (χ2n) is 13.8. The molecule has 0 aliphatic rings. The number of rotatable bonds is 3. The second-order valence-corrected chi connectivity index (χ2v) is 13.8. The quantitative estimate of drug-likeness (QED) is 0.187. The lowest BCUT2D eigenvalue weighted by Crippen LogP contribution is -2.04. The number of para-hydroxylation sites is 6. The average Bonchev–Trinajstić information content (AvgIpc) is 3.87. The lowest BCUT2D eigenvalue weighted by Gasteiger charge is -2.16. The van der Waals surface area contributed by atoms with Gasteiger partial charge in [0.05, 0.1) is 38.8 Å². The van der Waals surface area contributed by atoms with Crippen LogP contribution in [0.1, 0.15) is 0 Å². The van der Waals surface area contributed by atoms with E-state index in [0.717, 1.165) is 77.5 Å². The highest BCUT2D eigenvalue weighted by Crippen LogP contribution is 2.44. The lowest BCUT2D eigenvalue weighted by atomic mass is 10.0. The van der Waals surface area contributed by atoms with Gasteiger partial charge in [-0.1, -0.05) is 109 Å². The molecule has 53 heavy (non-hydrogen) atoms. The summed E-state index contributed by atoms with van der Waals surface area (Å²) < 4.78 is 11.0. The van der Waals surface area contributed by atoms with Gasteiger partial charge in [0.15, 0.2) is 5.82 Å². The molecule has 12 aromatic rings. The maximum absolute atomic E-state index is 6.24. The number of hydrogen-bond donors (Lipinski definition) is 0. The highest BCUT2D eigenvalue weighted by atomic mass is 16.3. The molecular weight excluding hydrogens is 649 g/mol. The fourth-order valence-corrected chi connectivity index (χ4v) is 8.60. The van der Waals surface area contributed by atoms with Crippen LogP contribution in [0.4, 0.5) is 0 Å². The van der Waals surface area contributed by atoms with E-state index in [2.05, 4.69) is 149 Å². The molecule has 0 saturated heterocycles. The zero-order valence-corrected chi connectivity index (χ0v) is 28.4. The van der Waals surface area contributed by atoms with E-state index >= 15 is 0 Å². The molecule has 8 aromatic carbocycles.